The second-order valence-electron chi connectivity index (χ2n) is 12.2. The Morgan fingerprint density at radius 2 is 1.76 bits per heavy atom. The van der Waals surface area contributed by atoms with Crippen molar-refractivity contribution >= 4 is 69.1 Å². The first-order valence-electron chi connectivity index (χ1n) is 15.9. The van der Waals surface area contributed by atoms with Gasteiger partial charge in [0.2, 0.25) is 16.9 Å². The number of imidazole rings is 1. The zero-order valence-corrected chi connectivity index (χ0v) is 32.8. The molecule has 7 atom stereocenters. The molecule has 310 valence electrons. The van der Waals surface area contributed by atoms with Crippen molar-refractivity contribution in [2.24, 2.45) is 5.41 Å². The van der Waals surface area contributed by atoms with E-state index in [4.69, 9.17) is 19.5 Å². The number of amides is 2. The molecule has 2 unspecified atom stereocenters. The molecule has 0 bridgehead atoms. The Labute approximate surface area is 316 Å². The second-order valence-corrected chi connectivity index (χ2v) is 17.6. The van der Waals surface area contributed by atoms with Gasteiger partial charge in [0.15, 0.2) is 17.7 Å². The van der Waals surface area contributed by atoms with Gasteiger partial charge in [0, 0.05) is 43.2 Å². The van der Waals surface area contributed by atoms with Crippen LogP contribution in [0.3, 0.4) is 0 Å². The molecule has 0 aliphatic carbocycles. The maximum atomic E-state index is 12.7. The van der Waals surface area contributed by atoms with Crippen molar-refractivity contribution in [3.8, 4) is 0 Å². The molecule has 55 heavy (non-hydrogen) atoms. The lowest BCUT2D eigenvalue weighted by Crippen LogP contribution is -2.46. The van der Waals surface area contributed by atoms with Crippen LogP contribution in [0.15, 0.2) is 24.5 Å². The second kappa shape index (κ2) is 19.5. The highest BCUT2D eigenvalue weighted by Crippen LogP contribution is 2.61. The Morgan fingerprint density at radius 3 is 2.42 bits per heavy atom. The summed E-state index contributed by atoms with van der Waals surface area (Å²) in [5.74, 6) is -1.38. The van der Waals surface area contributed by atoms with Crippen molar-refractivity contribution in [3.05, 3.63) is 24.5 Å². The number of ether oxygens (including phenoxy) is 1. The number of nitrogens with zero attached hydrogens (tertiary/aromatic N) is 4. The molecule has 0 spiro atoms. The summed E-state index contributed by atoms with van der Waals surface area (Å²) in [6.07, 6.45) is -5.63. The minimum atomic E-state index is -5.58. The van der Waals surface area contributed by atoms with Gasteiger partial charge in [-0.25, -0.2) is 28.6 Å². The standard InChI is InChI=1S/C26H42N7O18P3S/c1-4-14(34)9-17(36)55-8-7-28-16(35)5-6-29-24(39)21(38)26(2,3)11-48-54(45,46)51-53(43,44)47-10-15-20(50-52(40,41)42)19(37)25(49-15)33-13-32-18-22(27)30-12-31-23(18)33/h9,12-13,15,19-21,25,34,37-38H,4-8,10-11H2,1-3H3,(H,28,35)(H,29,39)(H,43,44)(H,45,46)(H2,27,30,31)(H2,40,41,42)/t15-,19-,20-,21+,25-/m1/s1. The van der Waals surface area contributed by atoms with Crippen molar-refractivity contribution in [2.45, 2.75) is 64.3 Å². The van der Waals surface area contributed by atoms with Gasteiger partial charge in [-0.3, -0.25) is 32.5 Å². The molecule has 2 amide bonds. The Bertz CT molecular complexity index is 1860. The molecule has 2 aromatic rings. The number of hydrogen-bond acceptors (Lipinski definition) is 19. The topological polar surface area (TPSA) is 384 Å². The van der Waals surface area contributed by atoms with Gasteiger partial charge in [-0.2, -0.15) is 4.31 Å². The fourth-order valence-corrected chi connectivity index (χ4v) is 8.02. The number of carbonyl (C=O) groups excluding carboxylic acids is 3. The third-order valence-corrected chi connectivity index (χ3v) is 11.3. The highest BCUT2D eigenvalue weighted by Gasteiger charge is 2.50. The molecule has 3 heterocycles. The van der Waals surface area contributed by atoms with Gasteiger partial charge in [0.1, 0.15) is 36.3 Å². The lowest BCUT2D eigenvalue weighted by molar-refractivity contribution is -0.137. The third-order valence-electron chi connectivity index (χ3n) is 7.39. The van der Waals surface area contributed by atoms with Crippen molar-refractivity contribution in [1.29, 1.82) is 0 Å². The number of rotatable bonds is 21. The number of anilines is 1. The van der Waals surface area contributed by atoms with Crippen LogP contribution in [0.2, 0.25) is 0 Å². The van der Waals surface area contributed by atoms with Crippen LogP contribution in [0.5, 0.6) is 0 Å². The smallest absolute Gasteiger partial charge is 0.481 e. The van der Waals surface area contributed by atoms with Gasteiger partial charge in [-0.05, 0) is 0 Å². The molecule has 1 fully saturated rings. The van der Waals surface area contributed by atoms with Gasteiger partial charge >= 0.3 is 23.5 Å². The molecule has 0 radical (unpaired) electrons. The highest BCUT2D eigenvalue weighted by molar-refractivity contribution is 8.14. The van der Waals surface area contributed by atoms with Crippen molar-refractivity contribution in [3.63, 3.8) is 0 Å². The summed E-state index contributed by atoms with van der Waals surface area (Å²) in [6.45, 7) is 1.99. The number of fused-ring (bicyclic) bond motifs is 1. The van der Waals surface area contributed by atoms with E-state index in [0.29, 0.717) is 6.42 Å². The molecule has 29 heteroatoms. The molecule has 1 aliphatic heterocycles. The van der Waals surface area contributed by atoms with E-state index in [1.54, 1.807) is 6.92 Å². The summed E-state index contributed by atoms with van der Waals surface area (Å²) in [5.41, 5.74) is 4.23. The van der Waals surface area contributed by atoms with Crippen LogP contribution in [0.4, 0.5) is 5.82 Å². The van der Waals surface area contributed by atoms with E-state index in [1.165, 1.54) is 13.8 Å². The number of hydrogen-bond donors (Lipinski definition) is 10. The number of carbonyl (C=O) groups is 3. The normalized spacial score (nSPS) is 22.2. The maximum absolute atomic E-state index is 12.7. The summed E-state index contributed by atoms with van der Waals surface area (Å²) < 4.78 is 62.0. The lowest BCUT2D eigenvalue weighted by Gasteiger charge is -2.30. The average Bonchev–Trinajstić information content (AvgIpc) is 3.64. The van der Waals surface area contributed by atoms with E-state index < -0.39 is 84.6 Å². The molecule has 1 aliphatic rings. The first-order chi connectivity index (χ1) is 25.4. The molecule has 11 N–H and O–H groups in total. The molecule has 25 nitrogen and oxygen atoms in total. The molecule has 1 saturated heterocycles. The van der Waals surface area contributed by atoms with Crippen molar-refractivity contribution in [1.82, 2.24) is 30.2 Å². The molecule has 2 aromatic heterocycles. The first kappa shape index (κ1) is 46.5. The third kappa shape index (κ3) is 14.2. The van der Waals surface area contributed by atoms with E-state index >= 15 is 0 Å². The van der Waals surface area contributed by atoms with Gasteiger partial charge in [0.25, 0.3) is 0 Å². The number of aromatic nitrogens is 4. The fourth-order valence-electron chi connectivity index (χ4n) is 4.56. The van der Waals surface area contributed by atoms with Crippen LogP contribution in [-0.4, -0.2) is 128 Å². The van der Waals surface area contributed by atoms with E-state index in [9.17, 15) is 63.0 Å². The van der Waals surface area contributed by atoms with Gasteiger partial charge < -0.3 is 56.0 Å². The first-order valence-corrected chi connectivity index (χ1v) is 21.4. The van der Waals surface area contributed by atoms with E-state index in [1.807, 2.05) is 0 Å². The minimum absolute atomic E-state index is 0.0248. The van der Waals surface area contributed by atoms with Crippen LogP contribution in [-0.2, 0) is 50.7 Å². The van der Waals surface area contributed by atoms with Crippen molar-refractivity contribution in [2.75, 3.05) is 37.8 Å². The quantitative estimate of drug-likeness (QED) is 0.0328. The molecule has 3 rings (SSSR count). The summed E-state index contributed by atoms with van der Waals surface area (Å²) >= 11 is 0.878. The zero-order valence-electron chi connectivity index (χ0n) is 29.3. The SMILES string of the molecule is CCC(O)=CC(=O)SCCNC(=O)CCNC(=O)[C@H](O)C(C)(C)COP(=O)(O)OP(=O)(O)OC[C@H]1O[C@@H](n2cnc3c(N)ncnc32)[C@H](O)[C@@H]1OP(=O)(O)O. The fraction of sp³-hybridized carbons (Fsp3) is 0.615. The van der Waals surface area contributed by atoms with Gasteiger partial charge in [-0.15, -0.1) is 0 Å². The summed E-state index contributed by atoms with van der Waals surface area (Å²) in [4.78, 5) is 87.0. The van der Waals surface area contributed by atoms with E-state index in [-0.39, 0.29) is 53.1 Å². The summed E-state index contributed by atoms with van der Waals surface area (Å²) in [7, 11) is -16.4. The van der Waals surface area contributed by atoms with Crippen LogP contribution in [0, 0.1) is 5.41 Å². The molecule has 0 saturated carbocycles. The van der Waals surface area contributed by atoms with Crippen molar-refractivity contribution < 1.29 is 85.6 Å². The number of aliphatic hydroxyl groups is 3. The van der Waals surface area contributed by atoms with E-state index in [2.05, 4.69) is 34.4 Å². The largest absolute Gasteiger partial charge is 0.512 e. The predicted octanol–water partition coefficient (Wildman–Crippen LogP) is -0.483. The van der Waals surface area contributed by atoms with Crippen LogP contribution < -0.4 is 16.4 Å². The van der Waals surface area contributed by atoms with Crippen LogP contribution in [0.25, 0.3) is 11.2 Å². The average molecular weight is 866 g/mol. The highest BCUT2D eigenvalue weighted by atomic mass is 32.2. The number of thioether (sulfide) groups is 1. The van der Waals surface area contributed by atoms with Gasteiger partial charge in [0.05, 0.1) is 25.3 Å². The Kier molecular flexibility index (Phi) is 16.5. The monoisotopic (exact) mass is 865 g/mol. The number of nitrogens with one attached hydrogen (secondary N) is 2. The Balaban J connectivity index is 1.50. The zero-order chi connectivity index (χ0) is 41.4. The maximum Gasteiger partial charge on any atom is 0.481 e. The number of nitrogen functional groups attached to an aromatic ring is 1. The number of phosphoric ester groups is 3. The molecular weight excluding hydrogens is 823 g/mol. The number of nitrogens with two attached hydrogens (primary N) is 1. The Hall–Kier alpha value is -2.90. The predicted molar refractivity (Wildman–Crippen MR) is 188 cm³/mol. The van der Waals surface area contributed by atoms with E-state index in [0.717, 1.165) is 35.1 Å². The van der Waals surface area contributed by atoms with Crippen LogP contribution >= 0.6 is 35.2 Å². The van der Waals surface area contributed by atoms with Gasteiger partial charge in [-0.1, -0.05) is 32.5 Å². The lowest BCUT2D eigenvalue weighted by atomic mass is 9.87. The van der Waals surface area contributed by atoms with Crippen LogP contribution in [0.1, 0.15) is 39.8 Å². The minimum Gasteiger partial charge on any atom is -0.512 e. The molecule has 0 aromatic carbocycles. The number of allylic oxidation sites excluding steroid dienone is 1. The summed E-state index contributed by atoms with van der Waals surface area (Å²) in [6, 6.07) is 0. The summed E-state index contributed by atoms with van der Waals surface area (Å²) in [5, 5.41) is 35.2. The molecular formula is C26H42N7O18P3S. The number of aliphatic hydroxyl groups excluding tert-OH is 3. The Morgan fingerprint density at radius 1 is 1.09 bits per heavy atom. The number of phosphoric acid groups is 3.